The molecule has 2 N–H and O–H groups in total. The Balaban J connectivity index is 1.60. The van der Waals surface area contributed by atoms with E-state index in [4.69, 9.17) is 0 Å². The second kappa shape index (κ2) is 6.62. The number of aryl methyl sites for hydroxylation is 1. The first-order chi connectivity index (χ1) is 10.7. The van der Waals surface area contributed by atoms with E-state index in [1.54, 1.807) is 11.3 Å². The summed E-state index contributed by atoms with van der Waals surface area (Å²) in [5, 5.41) is 10.2. The van der Waals surface area contributed by atoms with Crippen LogP contribution in [-0.2, 0) is 0 Å². The fourth-order valence-electron chi connectivity index (χ4n) is 2.80. The molecule has 22 heavy (non-hydrogen) atoms. The molecule has 0 spiro atoms. The van der Waals surface area contributed by atoms with Crippen molar-refractivity contribution in [3.8, 4) is 10.6 Å². The molecule has 0 aliphatic carbocycles. The van der Waals surface area contributed by atoms with Gasteiger partial charge in [0.25, 0.3) is 5.91 Å². The highest BCUT2D eigenvalue weighted by molar-refractivity contribution is 7.15. The second-order valence-electron chi connectivity index (χ2n) is 5.76. The van der Waals surface area contributed by atoms with Gasteiger partial charge in [-0.3, -0.25) is 9.89 Å². The highest BCUT2D eigenvalue weighted by Gasteiger charge is 2.21. The zero-order valence-corrected chi connectivity index (χ0v) is 13.9. The Morgan fingerprint density at radius 1 is 1.45 bits per heavy atom. The molecule has 1 fully saturated rings. The summed E-state index contributed by atoms with van der Waals surface area (Å²) < 4.78 is 0. The summed E-state index contributed by atoms with van der Waals surface area (Å²) in [7, 11) is 0. The number of thiophene rings is 1. The third kappa shape index (κ3) is 3.39. The van der Waals surface area contributed by atoms with Crippen molar-refractivity contribution in [2.24, 2.45) is 0 Å². The maximum atomic E-state index is 12.3. The van der Waals surface area contributed by atoms with Crippen molar-refractivity contribution in [2.45, 2.75) is 32.7 Å². The molecular weight excluding hydrogens is 296 g/mol. The van der Waals surface area contributed by atoms with Crippen molar-refractivity contribution in [2.75, 3.05) is 19.6 Å². The standard InChI is InChI=1S/C16H22N4OS/c1-3-20-8-6-12(7-9-20)17-16(21)14-10-13(18-19-14)15-5-4-11(2)22-15/h4-5,10,12H,3,6-9H2,1-2H3,(H,17,21)(H,18,19). The van der Waals surface area contributed by atoms with Gasteiger partial charge in [0.2, 0.25) is 0 Å². The van der Waals surface area contributed by atoms with E-state index in [0.29, 0.717) is 5.69 Å². The topological polar surface area (TPSA) is 61.0 Å². The summed E-state index contributed by atoms with van der Waals surface area (Å²) in [6, 6.07) is 6.22. The van der Waals surface area contributed by atoms with E-state index in [1.165, 1.54) is 4.88 Å². The minimum absolute atomic E-state index is 0.0780. The summed E-state index contributed by atoms with van der Waals surface area (Å²) in [6.07, 6.45) is 2.03. The number of aromatic amines is 1. The average molecular weight is 318 g/mol. The molecule has 2 aromatic heterocycles. The number of carbonyl (C=O) groups excluding carboxylic acids is 1. The molecule has 1 saturated heterocycles. The number of nitrogens with zero attached hydrogens (tertiary/aromatic N) is 2. The van der Waals surface area contributed by atoms with Crippen LogP contribution in [0.1, 0.15) is 35.1 Å². The number of nitrogens with one attached hydrogen (secondary N) is 2. The van der Waals surface area contributed by atoms with Gasteiger partial charge in [0.05, 0.1) is 10.6 Å². The molecule has 1 aliphatic rings. The first-order valence-corrected chi connectivity index (χ1v) is 8.63. The molecule has 0 atom stereocenters. The van der Waals surface area contributed by atoms with Gasteiger partial charge in [-0.1, -0.05) is 6.92 Å². The van der Waals surface area contributed by atoms with Gasteiger partial charge in [0.15, 0.2) is 5.69 Å². The minimum Gasteiger partial charge on any atom is -0.348 e. The first kappa shape index (κ1) is 15.2. The van der Waals surface area contributed by atoms with Crippen LogP contribution in [0.25, 0.3) is 10.6 Å². The molecule has 3 heterocycles. The molecule has 2 aromatic rings. The number of H-pyrrole nitrogens is 1. The van der Waals surface area contributed by atoms with Crippen LogP contribution in [-0.4, -0.2) is 46.7 Å². The number of piperidine rings is 1. The van der Waals surface area contributed by atoms with Crippen molar-refractivity contribution in [3.63, 3.8) is 0 Å². The lowest BCUT2D eigenvalue weighted by molar-refractivity contribution is 0.0907. The highest BCUT2D eigenvalue weighted by Crippen LogP contribution is 2.26. The highest BCUT2D eigenvalue weighted by atomic mass is 32.1. The zero-order valence-electron chi connectivity index (χ0n) is 13.1. The molecule has 0 bridgehead atoms. The molecule has 118 valence electrons. The van der Waals surface area contributed by atoms with Crippen molar-refractivity contribution in [1.82, 2.24) is 20.4 Å². The third-order valence-electron chi connectivity index (χ3n) is 4.19. The Bertz CT molecular complexity index is 640. The van der Waals surface area contributed by atoms with Gasteiger partial charge < -0.3 is 10.2 Å². The van der Waals surface area contributed by atoms with Crippen LogP contribution < -0.4 is 5.32 Å². The number of likely N-dealkylation sites (tertiary alicyclic amines) is 1. The molecule has 6 heteroatoms. The Labute approximate surface area is 134 Å². The lowest BCUT2D eigenvalue weighted by Gasteiger charge is -2.31. The van der Waals surface area contributed by atoms with Crippen molar-refractivity contribution in [1.29, 1.82) is 0 Å². The quantitative estimate of drug-likeness (QED) is 0.911. The zero-order chi connectivity index (χ0) is 15.5. The van der Waals surface area contributed by atoms with Gasteiger partial charge in [0, 0.05) is 24.0 Å². The smallest absolute Gasteiger partial charge is 0.272 e. The van der Waals surface area contributed by atoms with Gasteiger partial charge in [-0.05, 0) is 44.5 Å². The van der Waals surface area contributed by atoms with E-state index >= 15 is 0 Å². The van der Waals surface area contributed by atoms with Crippen LogP contribution in [0.4, 0.5) is 0 Å². The monoisotopic (exact) mass is 318 g/mol. The molecular formula is C16H22N4OS. The lowest BCUT2D eigenvalue weighted by Crippen LogP contribution is -2.44. The summed E-state index contributed by atoms with van der Waals surface area (Å²) >= 11 is 1.70. The van der Waals surface area contributed by atoms with E-state index in [2.05, 4.69) is 46.4 Å². The van der Waals surface area contributed by atoms with E-state index in [1.807, 2.05) is 6.07 Å². The van der Waals surface area contributed by atoms with E-state index in [-0.39, 0.29) is 11.9 Å². The van der Waals surface area contributed by atoms with E-state index in [0.717, 1.165) is 43.0 Å². The Morgan fingerprint density at radius 3 is 2.86 bits per heavy atom. The fourth-order valence-corrected chi connectivity index (χ4v) is 3.63. The van der Waals surface area contributed by atoms with Crippen molar-refractivity contribution < 1.29 is 4.79 Å². The molecule has 1 aliphatic heterocycles. The van der Waals surface area contributed by atoms with Gasteiger partial charge >= 0.3 is 0 Å². The van der Waals surface area contributed by atoms with Crippen LogP contribution in [0, 0.1) is 6.92 Å². The Morgan fingerprint density at radius 2 is 2.23 bits per heavy atom. The Hall–Kier alpha value is -1.66. The van der Waals surface area contributed by atoms with Gasteiger partial charge in [-0.25, -0.2) is 0 Å². The maximum absolute atomic E-state index is 12.3. The molecule has 0 unspecified atom stereocenters. The predicted molar refractivity (Wildman–Crippen MR) is 89.2 cm³/mol. The fraction of sp³-hybridized carbons (Fsp3) is 0.500. The largest absolute Gasteiger partial charge is 0.348 e. The average Bonchev–Trinajstić information content (AvgIpc) is 3.16. The number of amides is 1. The molecule has 0 radical (unpaired) electrons. The number of carbonyl (C=O) groups is 1. The summed E-state index contributed by atoms with van der Waals surface area (Å²) in [5.41, 5.74) is 1.38. The molecule has 5 nitrogen and oxygen atoms in total. The summed E-state index contributed by atoms with van der Waals surface area (Å²) in [4.78, 5) is 17.1. The van der Waals surface area contributed by atoms with Gasteiger partial charge in [-0.15, -0.1) is 11.3 Å². The number of aromatic nitrogens is 2. The Kier molecular flexibility index (Phi) is 4.59. The van der Waals surface area contributed by atoms with Crippen LogP contribution in [0.3, 0.4) is 0 Å². The second-order valence-corrected chi connectivity index (χ2v) is 7.05. The predicted octanol–water partition coefficient (Wildman–Crippen LogP) is 2.66. The van der Waals surface area contributed by atoms with Crippen LogP contribution in [0.15, 0.2) is 18.2 Å². The SMILES string of the molecule is CCN1CCC(NC(=O)c2cc(-c3ccc(C)s3)[nH]n2)CC1. The normalized spacial score (nSPS) is 16.8. The molecule has 0 aromatic carbocycles. The number of hydrogen-bond acceptors (Lipinski definition) is 4. The third-order valence-corrected chi connectivity index (χ3v) is 5.22. The summed E-state index contributed by atoms with van der Waals surface area (Å²) in [6.45, 7) is 7.45. The lowest BCUT2D eigenvalue weighted by atomic mass is 10.0. The minimum atomic E-state index is -0.0780. The van der Waals surface area contributed by atoms with Crippen LogP contribution in [0.5, 0.6) is 0 Å². The van der Waals surface area contributed by atoms with Crippen molar-refractivity contribution in [3.05, 3.63) is 28.8 Å². The first-order valence-electron chi connectivity index (χ1n) is 7.81. The number of rotatable bonds is 4. The van der Waals surface area contributed by atoms with E-state index in [9.17, 15) is 4.79 Å². The van der Waals surface area contributed by atoms with Gasteiger partial charge in [-0.2, -0.15) is 5.10 Å². The van der Waals surface area contributed by atoms with Crippen molar-refractivity contribution >= 4 is 17.2 Å². The molecule has 3 rings (SSSR count). The van der Waals surface area contributed by atoms with E-state index < -0.39 is 0 Å². The van der Waals surface area contributed by atoms with Crippen LogP contribution >= 0.6 is 11.3 Å². The van der Waals surface area contributed by atoms with Crippen LogP contribution in [0.2, 0.25) is 0 Å². The molecule has 1 amide bonds. The van der Waals surface area contributed by atoms with Gasteiger partial charge in [0.1, 0.15) is 0 Å². The summed E-state index contributed by atoms with van der Waals surface area (Å²) in [5.74, 6) is -0.0780. The maximum Gasteiger partial charge on any atom is 0.272 e. The number of hydrogen-bond donors (Lipinski definition) is 2. The molecule has 0 saturated carbocycles.